The van der Waals surface area contributed by atoms with Crippen LogP contribution in [0.2, 0.25) is 0 Å². The number of pyridine rings is 1. The molecule has 2 aromatic rings. The average Bonchev–Trinajstić information content (AvgIpc) is 3.23. The molecule has 2 aliphatic rings. The van der Waals surface area contributed by atoms with Crippen LogP contribution in [-0.4, -0.2) is 54.2 Å². The molecule has 2 saturated heterocycles. The third-order valence-corrected chi connectivity index (χ3v) is 5.02. The van der Waals surface area contributed by atoms with Crippen molar-refractivity contribution in [2.45, 2.75) is 19.8 Å². The number of anilines is 3. The van der Waals surface area contributed by atoms with E-state index in [1.54, 1.807) is 12.3 Å². The van der Waals surface area contributed by atoms with Gasteiger partial charge in [-0.15, -0.1) is 0 Å². The van der Waals surface area contributed by atoms with Crippen molar-refractivity contribution < 1.29 is 0 Å². The van der Waals surface area contributed by atoms with Gasteiger partial charge >= 0.3 is 0 Å². The van der Waals surface area contributed by atoms with E-state index in [9.17, 15) is 0 Å². The van der Waals surface area contributed by atoms with E-state index in [0.717, 1.165) is 62.5 Å². The molecular formula is C19H23N7. The van der Waals surface area contributed by atoms with E-state index in [1.807, 2.05) is 13.0 Å². The molecule has 26 heavy (non-hydrogen) atoms. The van der Waals surface area contributed by atoms with E-state index >= 15 is 0 Å². The molecule has 0 radical (unpaired) electrons. The molecule has 2 fully saturated rings. The van der Waals surface area contributed by atoms with Crippen molar-refractivity contribution in [2.24, 2.45) is 0 Å². The number of hydrogen-bond donors (Lipinski definition) is 0. The highest BCUT2D eigenvalue weighted by molar-refractivity contribution is 5.50. The third kappa shape index (κ3) is 3.40. The summed E-state index contributed by atoms with van der Waals surface area (Å²) >= 11 is 0. The summed E-state index contributed by atoms with van der Waals surface area (Å²) in [5.74, 6) is 2.75. The first-order valence-corrected chi connectivity index (χ1v) is 9.19. The fourth-order valence-electron chi connectivity index (χ4n) is 3.58. The summed E-state index contributed by atoms with van der Waals surface area (Å²) in [6.07, 6.45) is 4.15. The summed E-state index contributed by atoms with van der Waals surface area (Å²) < 4.78 is 0. The molecule has 4 rings (SSSR count). The number of aromatic nitrogens is 3. The highest BCUT2D eigenvalue weighted by Crippen LogP contribution is 2.23. The summed E-state index contributed by atoms with van der Waals surface area (Å²) in [5.41, 5.74) is 1.67. The van der Waals surface area contributed by atoms with Crippen molar-refractivity contribution in [2.75, 3.05) is 54.0 Å². The monoisotopic (exact) mass is 349 g/mol. The molecule has 7 nitrogen and oxygen atoms in total. The molecule has 7 heteroatoms. The van der Waals surface area contributed by atoms with Gasteiger partial charge in [0.25, 0.3) is 0 Å². The fourth-order valence-corrected chi connectivity index (χ4v) is 3.58. The van der Waals surface area contributed by atoms with Crippen LogP contribution in [0.1, 0.15) is 24.1 Å². The van der Waals surface area contributed by atoms with Gasteiger partial charge in [0, 0.05) is 57.2 Å². The van der Waals surface area contributed by atoms with Crippen molar-refractivity contribution in [3.63, 3.8) is 0 Å². The maximum absolute atomic E-state index is 9.07. The van der Waals surface area contributed by atoms with Crippen molar-refractivity contribution in [3.8, 4) is 6.07 Å². The molecular weight excluding hydrogens is 326 g/mol. The number of aryl methyl sites for hydroxylation is 1. The maximum atomic E-state index is 9.07. The van der Waals surface area contributed by atoms with Crippen LogP contribution in [0.3, 0.4) is 0 Å². The highest BCUT2D eigenvalue weighted by atomic mass is 15.3. The normalized spacial score (nSPS) is 17.5. The topological polar surface area (TPSA) is 72.2 Å². The third-order valence-electron chi connectivity index (χ3n) is 5.02. The highest BCUT2D eigenvalue weighted by Gasteiger charge is 2.22. The first-order chi connectivity index (χ1) is 12.7. The molecule has 0 aliphatic carbocycles. The Hall–Kier alpha value is -2.88. The largest absolute Gasteiger partial charge is 0.353 e. The van der Waals surface area contributed by atoms with Crippen LogP contribution in [-0.2, 0) is 0 Å². The molecule has 0 bridgehead atoms. The van der Waals surface area contributed by atoms with Crippen molar-refractivity contribution in [3.05, 3.63) is 35.7 Å². The van der Waals surface area contributed by atoms with Crippen LogP contribution < -0.4 is 14.7 Å². The van der Waals surface area contributed by atoms with Gasteiger partial charge in [-0.2, -0.15) is 10.2 Å². The van der Waals surface area contributed by atoms with Gasteiger partial charge in [-0.1, -0.05) is 0 Å². The predicted molar refractivity (Wildman–Crippen MR) is 102 cm³/mol. The number of nitriles is 1. The molecule has 0 atom stereocenters. The van der Waals surface area contributed by atoms with E-state index in [0.29, 0.717) is 5.56 Å². The Morgan fingerprint density at radius 3 is 2.27 bits per heavy atom. The molecule has 0 unspecified atom stereocenters. The lowest BCUT2D eigenvalue weighted by atomic mass is 10.2. The van der Waals surface area contributed by atoms with Crippen molar-refractivity contribution in [1.29, 1.82) is 5.26 Å². The van der Waals surface area contributed by atoms with Gasteiger partial charge in [0.1, 0.15) is 11.6 Å². The quantitative estimate of drug-likeness (QED) is 0.839. The zero-order valence-corrected chi connectivity index (χ0v) is 15.1. The first kappa shape index (κ1) is 16.6. The molecule has 0 aromatic carbocycles. The second-order valence-corrected chi connectivity index (χ2v) is 6.85. The maximum Gasteiger partial charge on any atom is 0.227 e. The minimum Gasteiger partial charge on any atom is -0.353 e. The smallest absolute Gasteiger partial charge is 0.227 e. The predicted octanol–water partition coefficient (Wildman–Crippen LogP) is 1.98. The standard InChI is InChI=1S/C19H23N7/c1-15-12-18(23-19(22-15)26-6-2-3-7-26)25-10-8-24(9-11-25)17-13-16(14-20)4-5-21-17/h4-5,12-13H,2-3,6-11H2,1H3. The summed E-state index contributed by atoms with van der Waals surface area (Å²) in [6, 6.07) is 7.85. The molecule has 2 aliphatic heterocycles. The molecule has 0 N–H and O–H groups in total. The van der Waals surface area contributed by atoms with E-state index in [4.69, 9.17) is 10.2 Å². The number of nitrogens with zero attached hydrogens (tertiary/aromatic N) is 7. The van der Waals surface area contributed by atoms with Crippen LogP contribution in [0.25, 0.3) is 0 Å². The second kappa shape index (κ2) is 7.16. The minimum absolute atomic E-state index is 0.652. The zero-order valence-electron chi connectivity index (χ0n) is 15.1. The minimum atomic E-state index is 0.652. The van der Waals surface area contributed by atoms with Gasteiger partial charge in [-0.05, 0) is 31.9 Å². The lowest BCUT2D eigenvalue weighted by Gasteiger charge is -2.36. The van der Waals surface area contributed by atoms with E-state index in [-0.39, 0.29) is 0 Å². The second-order valence-electron chi connectivity index (χ2n) is 6.85. The zero-order chi connectivity index (χ0) is 17.9. The Morgan fingerprint density at radius 2 is 1.58 bits per heavy atom. The molecule has 2 aromatic heterocycles. The number of hydrogen-bond acceptors (Lipinski definition) is 7. The average molecular weight is 349 g/mol. The van der Waals surface area contributed by atoms with E-state index in [1.165, 1.54) is 12.8 Å². The van der Waals surface area contributed by atoms with Gasteiger partial charge in [0.2, 0.25) is 5.95 Å². The van der Waals surface area contributed by atoms with Crippen LogP contribution in [0.15, 0.2) is 24.4 Å². The lowest BCUT2D eigenvalue weighted by Crippen LogP contribution is -2.47. The van der Waals surface area contributed by atoms with Gasteiger partial charge < -0.3 is 14.7 Å². The SMILES string of the molecule is Cc1cc(N2CCN(c3cc(C#N)ccn3)CC2)nc(N2CCCC2)n1. The van der Waals surface area contributed by atoms with Crippen LogP contribution in [0.4, 0.5) is 17.6 Å². The fraction of sp³-hybridized carbons (Fsp3) is 0.474. The Labute approximate surface area is 153 Å². The van der Waals surface area contributed by atoms with Gasteiger partial charge in [0.15, 0.2) is 0 Å². The van der Waals surface area contributed by atoms with Crippen LogP contribution >= 0.6 is 0 Å². The summed E-state index contributed by atoms with van der Waals surface area (Å²) in [5, 5.41) is 9.07. The Balaban J connectivity index is 1.47. The Kier molecular flexibility index (Phi) is 4.57. The molecule has 134 valence electrons. The van der Waals surface area contributed by atoms with Crippen molar-refractivity contribution in [1.82, 2.24) is 15.0 Å². The summed E-state index contributed by atoms with van der Waals surface area (Å²) in [6.45, 7) is 7.64. The van der Waals surface area contributed by atoms with Gasteiger partial charge in [0.05, 0.1) is 11.6 Å². The van der Waals surface area contributed by atoms with Gasteiger partial charge in [-0.3, -0.25) is 0 Å². The molecule has 0 spiro atoms. The molecule has 4 heterocycles. The molecule has 0 saturated carbocycles. The summed E-state index contributed by atoms with van der Waals surface area (Å²) in [7, 11) is 0. The number of rotatable bonds is 3. The van der Waals surface area contributed by atoms with Crippen LogP contribution in [0.5, 0.6) is 0 Å². The lowest BCUT2D eigenvalue weighted by molar-refractivity contribution is 0.640. The van der Waals surface area contributed by atoms with Gasteiger partial charge in [-0.25, -0.2) is 9.97 Å². The van der Waals surface area contributed by atoms with Crippen LogP contribution in [0, 0.1) is 18.3 Å². The summed E-state index contributed by atoms with van der Waals surface area (Å²) in [4.78, 5) is 20.7. The van der Waals surface area contributed by atoms with Crippen molar-refractivity contribution >= 4 is 17.6 Å². The van der Waals surface area contributed by atoms with E-state index in [2.05, 4.69) is 36.8 Å². The van der Waals surface area contributed by atoms with E-state index < -0.39 is 0 Å². The Morgan fingerprint density at radius 1 is 0.885 bits per heavy atom. The Bertz CT molecular complexity index is 815. The number of piperazine rings is 1. The first-order valence-electron chi connectivity index (χ1n) is 9.19. The molecule has 0 amide bonds.